The van der Waals surface area contributed by atoms with Crippen LogP contribution < -0.4 is 10.0 Å². The van der Waals surface area contributed by atoms with E-state index in [0.717, 1.165) is 0 Å². The molecule has 0 bridgehead atoms. The summed E-state index contributed by atoms with van der Waals surface area (Å²) in [7, 11) is 0. The lowest BCUT2D eigenvalue weighted by atomic mass is 10.1. The fraction of sp³-hybridized carbons (Fsp3) is 0.750. The fourth-order valence-electron chi connectivity index (χ4n) is 1.86. The van der Waals surface area contributed by atoms with Crippen molar-refractivity contribution in [1.29, 1.82) is 0 Å². The van der Waals surface area contributed by atoms with Crippen LogP contribution in [-0.2, 0) is 38.3 Å². The Hall–Kier alpha value is 0.0400. The lowest BCUT2D eigenvalue weighted by Gasteiger charge is -2.14. The highest BCUT2D eigenvalue weighted by atomic mass is 33.5. The summed E-state index contributed by atoms with van der Waals surface area (Å²) in [5, 5.41) is 12.3. The zero-order chi connectivity index (χ0) is 13.2. The highest BCUT2D eigenvalue weighted by Crippen LogP contribution is 2.26. The SMILES string of the molecule is CC(=O)NC1CC(C(=O)NS(=S)(=S)S)CC1O. The van der Waals surface area contributed by atoms with E-state index in [9.17, 15) is 14.7 Å². The molecule has 3 N–H and O–H groups in total. The summed E-state index contributed by atoms with van der Waals surface area (Å²) in [6, 6.07) is -0.386. The van der Waals surface area contributed by atoms with E-state index in [1.165, 1.54) is 6.92 Å². The number of carbonyl (C=O) groups is 2. The molecule has 0 aromatic rings. The molecule has 0 saturated heterocycles. The summed E-state index contributed by atoms with van der Waals surface area (Å²) < 4.78 is 2.47. The van der Waals surface area contributed by atoms with Crippen LogP contribution in [0.3, 0.4) is 0 Å². The molecular formula is C8H14N2O3S4. The minimum atomic E-state index is -2.23. The number of hydrogen-bond donors (Lipinski definition) is 4. The number of amides is 2. The van der Waals surface area contributed by atoms with Crippen LogP contribution in [-0.4, -0.2) is 29.1 Å². The zero-order valence-electron chi connectivity index (χ0n) is 9.08. The van der Waals surface area contributed by atoms with Crippen molar-refractivity contribution in [2.75, 3.05) is 0 Å². The number of nitrogens with one attached hydrogen (secondary N) is 2. The van der Waals surface area contributed by atoms with Crippen molar-refractivity contribution in [1.82, 2.24) is 10.0 Å². The van der Waals surface area contributed by atoms with E-state index in [1.54, 1.807) is 0 Å². The van der Waals surface area contributed by atoms with Crippen LogP contribution in [0.2, 0.25) is 0 Å². The predicted octanol–water partition coefficient (Wildman–Crippen LogP) is -0.784. The van der Waals surface area contributed by atoms with Crippen molar-refractivity contribution < 1.29 is 14.7 Å². The second-order valence-electron chi connectivity index (χ2n) is 3.98. The summed E-state index contributed by atoms with van der Waals surface area (Å²) in [4.78, 5) is 22.6. The van der Waals surface area contributed by atoms with Crippen LogP contribution in [0.15, 0.2) is 0 Å². The zero-order valence-corrected chi connectivity index (χ0v) is 12.4. The van der Waals surface area contributed by atoms with Gasteiger partial charge in [-0.3, -0.25) is 14.3 Å². The first kappa shape index (κ1) is 15.1. The van der Waals surface area contributed by atoms with Crippen LogP contribution in [0.25, 0.3) is 0 Å². The van der Waals surface area contributed by atoms with Gasteiger partial charge in [0.1, 0.15) is 0 Å². The molecule has 2 amide bonds. The Balaban J connectivity index is 2.59. The van der Waals surface area contributed by atoms with E-state index in [1.807, 2.05) is 0 Å². The van der Waals surface area contributed by atoms with E-state index in [2.05, 4.69) is 21.7 Å². The summed E-state index contributed by atoms with van der Waals surface area (Å²) in [6.07, 6.45) is -2.25. The molecule has 17 heavy (non-hydrogen) atoms. The van der Waals surface area contributed by atoms with Gasteiger partial charge in [-0.05, 0) is 35.2 Å². The van der Waals surface area contributed by atoms with E-state index in [-0.39, 0.29) is 23.8 Å². The monoisotopic (exact) mass is 314 g/mol. The Morgan fingerprint density at radius 2 is 2.00 bits per heavy atom. The molecule has 0 aromatic heterocycles. The van der Waals surface area contributed by atoms with Crippen LogP contribution >= 0.6 is 11.7 Å². The van der Waals surface area contributed by atoms with Gasteiger partial charge in [-0.15, -0.1) is 0 Å². The van der Waals surface area contributed by atoms with E-state index in [4.69, 9.17) is 22.4 Å². The maximum atomic E-state index is 11.7. The van der Waals surface area contributed by atoms with Gasteiger partial charge in [-0.1, -0.05) is 11.7 Å². The topological polar surface area (TPSA) is 78.4 Å². The van der Waals surface area contributed by atoms with E-state index >= 15 is 0 Å². The minimum Gasteiger partial charge on any atom is -0.391 e. The number of hydrogen-bond acceptors (Lipinski definition) is 5. The van der Waals surface area contributed by atoms with E-state index < -0.39 is 12.5 Å². The van der Waals surface area contributed by atoms with Gasteiger partial charge in [0, 0.05) is 19.2 Å². The van der Waals surface area contributed by atoms with Gasteiger partial charge in [-0.25, -0.2) is 0 Å². The molecule has 0 aliphatic heterocycles. The van der Waals surface area contributed by atoms with Gasteiger partial charge >= 0.3 is 0 Å². The van der Waals surface area contributed by atoms with Gasteiger partial charge in [0.05, 0.1) is 12.1 Å². The summed E-state index contributed by atoms with van der Waals surface area (Å²) in [5.41, 5.74) is 0. The number of aliphatic hydroxyl groups is 1. The Bertz CT molecular complexity index is 422. The second kappa shape index (κ2) is 5.79. The average molecular weight is 314 g/mol. The largest absolute Gasteiger partial charge is 0.391 e. The molecule has 1 fully saturated rings. The second-order valence-corrected chi connectivity index (χ2v) is 11.9. The fourth-order valence-corrected chi connectivity index (χ4v) is 3.04. The molecule has 9 heteroatoms. The highest BCUT2D eigenvalue weighted by molar-refractivity contribution is 8.92. The normalized spacial score (nSPS) is 28.8. The van der Waals surface area contributed by atoms with Crippen molar-refractivity contribution in [3.8, 4) is 0 Å². The van der Waals surface area contributed by atoms with Gasteiger partial charge < -0.3 is 10.4 Å². The Morgan fingerprint density at radius 3 is 2.47 bits per heavy atom. The first-order valence-corrected chi connectivity index (χ1v) is 9.47. The van der Waals surface area contributed by atoms with Crippen molar-refractivity contribution in [3.05, 3.63) is 0 Å². The molecular weight excluding hydrogens is 300 g/mol. The molecule has 1 saturated carbocycles. The molecule has 3 atom stereocenters. The molecule has 3 unspecified atom stereocenters. The standard InChI is InChI=1S/C8H14N2O3S4/c1-4(11)9-6-2-5(3-7(6)12)8(13)10-17(14,15)16/h5-7,12H,2-3H2,1H3,(H,9,11)(H,10,13)(H,14,15,16). The molecule has 5 nitrogen and oxygen atoms in total. The molecule has 0 heterocycles. The van der Waals surface area contributed by atoms with E-state index in [0.29, 0.717) is 12.8 Å². The van der Waals surface area contributed by atoms with Gasteiger partial charge in [-0.2, -0.15) is 0 Å². The third kappa shape index (κ3) is 5.04. The van der Waals surface area contributed by atoms with Crippen LogP contribution in [0, 0.1) is 5.92 Å². The number of thiol groups is 1. The Kier molecular flexibility index (Phi) is 5.14. The van der Waals surface area contributed by atoms with Crippen LogP contribution in [0.1, 0.15) is 19.8 Å². The lowest BCUT2D eigenvalue weighted by Crippen LogP contribution is -2.38. The van der Waals surface area contributed by atoms with Gasteiger partial charge in [0.25, 0.3) is 0 Å². The Labute approximate surface area is 114 Å². The summed E-state index contributed by atoms with van der Waals surface area (Å²) in [5.74, 6) is -0.908. The minimum absolute atomic E-state index is 0.226. The average Bonchev–Trinajstić information content (AvgIpc) is 2.44. The molecule has 1 aliphatic carbocycles. The summed E-state index contributed by atoms with van der Waals surface area (Å²) in [6.45, 7) is 1.37. The number of carbonyl (C=O) groups excluding carboxylic acids is 2. The third-order valence-corrected chi connectivity index (χ3v) is 3.75. The third-order valence-electron chi connectivity index (χ3n) is 2.52. The van der Waals surface area contributed by atoms with Crippen molar-refractivity contribution >= 4 is 52.2 Å². The van der Waals surface area contributed by atoms with Crippen molar-refractivity contribution in [2.45, 2.75) is 31.9 Å². The molecule has 1 aliphatic rings. The van der Waals surface area contributed by atoms with Crippen LogP contribution in [0.4, 0.5) is 0 Å². The molecule has 1 rings (SSSR count). The highest BCUT2D eigenvalue weighted by Gasteiger charge is 2.37. The molecule has 0 aromatic carbocycles. The predicted molar refractivity (Wildman–Crippen MR) is 75.6 cm³/mol. The van der Waals surface area contributed by atoms with Crippen molar-refractivity contribution in [3.63, 3.8) is 0 Å². The Morgan fingerprint density at radius 1 is 1.41 bits per heavy atom. The summed E-state index contributed by atoms with van der Waals surface area (Å²) >= 11 is 13.6. The quantitative estimate of drug-likeness (QED) is 0.406. The molecule has 0 radical (unpaired) electrons. The maximum Gasteiger partial charge on any atom is 0.234 e. The number of aliphatic hydroxyl groups excluding tert-OH is 1. The smallest absolute Gasteiger partial charge is 0.234 e. The van der Waals surface area contributed by atoms with Crippen LogP contribution in [0.5, 0.6) is 0 Å². The van der Waals surface area contributed by atoms with Gasteiger partial charge in [0.2, 0.25) is 11.8 Å². The molecule has 0 spiro atoms. The van der Waals surface area contributed by atoms with Crippen molar-refractivity contribution in [2.24, 2.45) is 5.92 Å². The first-order valence-electron chi connectivity index (χ1n) is 4.93. The van der Waals surface area contributed by atoms with Gasteiger partial charge in [0.15, 0.2) is 0 Å². The molecule has 98 valence electrons. The lowest BCUT2D eigenvalue weighted by molar-refractivity contribution is -0.123. The number of rotatable bonds is 3. The maximum absolute atomic E-state index is 11.7. The first-order chi connectivity index (χ1) is 7.69.